The van der Waals surface area contributed by atoms with Gasteiger partial charge >= 0.3 is 7.12 Å². The summed E-state index contributed by atoms with van der Waals surface area (Å²) in [6, 6.07) is 4.26. The van der Waals surface area contributed by atoms with Crippen LogP contribution in [-0.2, 0) is 14.0 Å². The Morgan fingerprint density at radius 3 is 2.27 bits per heavy atom. The van der Waals surface area contributed by atoms with Crippen LogP contribution in [0.25, 0.3) is 5.57 Å². The summed E-state index contributed by atoms with van der Waals surface area (Å²) in [6.07, 6.45) is 0.126. The fourth-order valence-corrected chi connectivity index (χ4v) is 2.91. The minimum Gasteiger partial charge on any atom is -0.398 e. The summed E-state index contributed by atoms with van der Waals surface area (Å²) < 4.78 is 46.9. The van der Waals surface area contributed by atoms with Crippen molar-refractivity contribution in [3.63, 3.8) is 0 Å². The van der Waals surface area contributed by atoms with Crippen molar-refractivity contribution in [2.24, 2.45) is 0 Å². The van der Waals surface area contributed by atoms with Crippen molar-refractivity contribution >= 4 is 24.3 Å². The van der Waals surface area contributed by atoms with Crippen molar-refractivity contribution in [3.05, 3.63) is 40.3 Å². The SMILES string of the molecule is CC(C)OCCC(=C(F)B1OC(C)(C)C(C)(C)O1)c1c(F)cccc1Cl. The summed E-state index contributed by atoms with van der Waals surface area (Å²) in [6.45, 7) is 11.3. The van der Waals surface area contributed by atoms with Crippen molar-refractivity contribution in [3.8, 4) is 0 Å². The number of benzene rings is 1. The van der Waals surface area contributed by atoms with Crippen LogP contribution in [0.3, 0.4) is 0 Å². The molecule has 0 N–H and O–H groups in total. The van der Waals surface area contributed by atoms with E-state index in [-0.39, 0.29) is 35.3 Å². The van der Waals surface area contributed by atoms with Gasteiger partial charge in [0.2, 0.25) is 0 Å². The molecular weight excluding hydrogens is 360 g/mol. The summed E-state index contributed by atoms with van der Waals surface area (Å²) in [5.41, 5.74) is -1.95. The van der Waals surface area contributed by atoms with Gasteiger partial charge in [0, 0.05) is 5.56 Å². The summed E-state index contributed by atoms with van der Waals surface area (Å²) in [7, 11) is -1.22. The first-order valence-electron chi connectivity index (χ1n) is 8.76. The van der Waals surface area contributed by atoms with E-state index in [1.54, 1.807) is 0 Å². The van der Waals surface area contributed by atoms with Crippen molar-refractivity contribution in [2.75, 3.05) is 6.61 Å². The third-order valence-electron chi connectivity index (χ3n) is 4.82. The molecule has 1 heterocycles. The summed E-state index contributed by atoms with van der Waals surface area (Å²) in [5, 5.41) is 0.135. The highest BCUT2D eigenvalue weighted by atomic mass is 35.5. The molecule has 0 saturated carbocycles. The Hall–Kier alpha value is -0.945. The number of halogens is 3. The molecule has 1 fully saturated rings. The minimum atomic E-state index is -1.22. The number of hydrogen-bond acceptors (Lipinski definition) is 3. The van der Waals surface area contributed by atoms with Crippen LogP contribution in [0.5, 0.6) is 0 Å². The quantitative estimate of drug-likeness (QED) is 0.595. The van der Waals surface area contributed by atoms with E-state index in [9.17, 15) is 4.39 Å². The molecule has 7 heteroatoms. The smallest absolute Gasteiger partial charge is 0.398 e. The second-order valence-corrected chi connectivity index (χ2v) is 8.09. The van der Waals surface area contributed by atoms with Crippen LogP contribution in [-0.4, -0.2) is 31.0 Å². The average molecular weight is 387 g/mol. The monoisotopic (exact) mass is 386 g/mol. The lowest BCUT2D eigenvalue weighted by Crippen LogP contribution is -2.41. The van der Waals surface area contributed by atoms with Gasteiger partial charge in [0.05, 0.1) is 28.9 Å². The molecule has 0 atom stereocenters. The lowest BCUT2D eigenvalue weighted by atomic mass is 9.81. The summed E-state index contributed by atoms with van der Waals surface area (Å²) in [5.74, 6) is -0.594. The predicted octanol–water partition coefficient (Wildman–Crippen LogP) is 5.61. The maximum atomic E-state index is 15.4. The van der Waals surface area contributed by atoms with Gasteiger partial charge in [0.1, 0.15) is 11.5 Å². The first kappa shape index (κ1) is 21.4. The van der Waals surface area contributed by atoms with E-state index in [0.29, 0.717) is 0 Å². The second-order valence-electron chi connectivity index (χ2n) is 7.68. The first-order chi connectivity index (χ1) is 12.0. The van der Waals surface area contributed by atoms with Crippen molar-refractivity contribution in [1.82, 2.24) is 0 Å². The van der Waals surface area contributed by atoms with E-state index in [4.69, 9.17) is 25.6 Å². The molecule has 0 unspecified atom stereocenters. The molecule has 0 spiro atoms. The third kappa shape index (κ3) is 4.48. The van der Waals surface area contributed by atoms with Crippen LogP contribution < -0.4 is 0 Å². The van der Waals surface area contributed by atoms with Crippen LogP contribution in [0.4, 0.5) is 8.78 Å². The maximum Gasteiger partial charge on any atom is 0.525 e. The summed E-state index contributed by atoms with van der Waals surface area (Å²) >= 11 is 6.17. The predicted molar refractivity (Wildman–Crippen MR) is 101 cm³/mol. The van der Waals surface area contributed by atoms with Gasteiger partial charge in [0.25, 0.3) is 0 Å². The topological polar surface area (TPSA) is 27.7 Å². The van der Waals surface area contributed by atoms with Crippen LogP contribution >= 0.6 is 11.6 Å². The first-order valence-corrected chi connectivity index (χ1v) is 9.14. The van der Waals surface area contributed by atoms with Crippen LogP contribution in [0.2, 0.25) is 5.02 Å². The molecular formula is C19H26BClF2O3. The largest absolute Gasteiger partial charge is 0.525 e. The van der Waals surface area contributed by atoms with E-state index in [0.717, 1.165) is 0 Å². The normalized spacial score (nSPS) is 19.8. The molecule has 0 radical (unpaired) electrons. The zero-order valence-electron chi connectivity index (χ0n) is 16.2. The van der Waals surface area contributed by atoms with E-state index in [1.165, 1.54) is 18.2 Å². The molecule has 0 bridgehead atoms. The molecule has 1 aromatic rings. The Morgan fingerprint density at radius 1 is 1.19 bits per heavy atom. The van der Waals surface area contributed by atoms with Gasteiger partial charge in [-0.05, 0) is 65.7 Å². The molecule has 26 heavy (non-hydrogen) atoms. The van der Waals surface area contributed by atoms with E-state index >= 15 is 4.39 Å². The van der Waals surface area contributed by atoms with Gasteiger partial charge in [-0.1, -0.05) is 17.7 Å². The van der Waals surface area contributed by atoms with Gasteiger partial charge in [-0.2, -0.15) is 0 Å². The zero-order valence-corrected chi connectivity index (χ0v) is 16.9. The zero-order chi connectivity index (χ0) is 19.7. The minimum absolute atomic E-state index is 0.0211. The van der Waals surface area contributed by atoms with Gasteiger partial charge in [-0.3, -0.25) is 0 Å². The fraction of sp³-hybridized carbons (Fsp3) is 0.579. The van der Waals surface area contributed by atoms with Gasteiger partial charge in [0.15, 0.2) is 0 Å². The van der Waals surface area contributed by atoms with Crippen molar-refractivity contribution in [1.29, 1.82) is 0 Å². The van der Waals surface area contributed by atoms with E-state index in [2.05, 4.69) is 0 Å². The second kappa shape index (κ2) is 7.97. The van der Waals surface area contributed by atoms with Crippen LogP contribution in [0.15, 0.2) is 23.9 Å². The maximum absolute atomic E-state index is 15.4. The van der Waals surface area contributed by atoms with Gasteiger partial charge in [-0.15, -0.1) is 0 Å². The molecule has 1 aliphatic heterocycles. The average Bonchev–Trinajstić information content (AvgIpc) is 2.72. The Labute approximate surface area is 159 Å². The van der Waals surface area contributed by atoms with Gasteiger partial charge in [-0.25, -0.2) is 8.78 Å². The molecule has 0 amide bonds. The molecule has 144 valence electrons. The van der Waals surface area contributed by atoms with Crippen molar-refractivity contribution in [2.45, 2.75) is 65.3 Å². The highest BCUT2D eigenvalue weighted by Crippen LogP contribution is 2.41. The van der Waals surface area contributed by atoms with Gasteiger partial charge < -0.3 is 14.0 Å². The Balaban J connectivity index is 2.44. The highest BCUT2D eigenvalue weighted by molar-refractivity contribution is 6.55. The van der Waals surface area contributed by atoms with E-state index in [1.807, 2.05) is 41.5 Å². The Bertz CT molecular complexity index is 653. The highest BCUT2D eigenvalue weighted by Gasteiger charge is 2.53. The fourth-order valence-electron chi connectivity index (χ4n) is 2.64. The van der Waals surface area contributed by atoms with Crippen molar-refractivity contribution < 1.29 is 22.8 Å². The number of ether oxygens (including phenoxy) is 1. The lowest BCUT2D eigenvalue weighted by molar-refractivity contribution is 0.00578. The Morgan fingerprint density at radius 2 is 1.77 bits per heavy atom. The Kier molecular flexibility index (Phi) is 6.55. The standard InChI is InChI=1S/C19H26BClF2O3/c1-12(2)24-11-10-13(16-14(21)8-7-9-15(16)22)17(23)20-25-18(3,4)19(5,6)26-20/h7-9,12H,10-11H2,1-6H3. The number of rotatable bonds is 6. The molecule has 0 aliphatic carbocycles. The molecule has 0 aromatic heterocycles. The molecule has 2 rings (SSSR count). The molecule has 1 aliphatic rings. The van der Waals surface area contributed by atoms with E-state index < -0.39 is 29.9 Å². The lowest BCUT2D eigenvalue weighted by Gasteiger charge is -2.32. The third-order valence-corrected chi connectivity index (χ3v) is 5.13. The van der Waals surface area contributed by atoms with Crippen LogP contribution in [0.1, 0.15) is 53.5 Å². The molecule has 1 saturated heterocycles. The summed E-state index contributed by atoms with van der Waals surface area (Å²) in [4.78, 5) is 0. The molecule has 1 aromatic carbocycles. The number of hydrogen-bond donors (Lipinski definition) is 0. The van der Waals surface area contributed by atoms with Crippen LogP contribution in [0, 0.1) is 5.82 Å². The molecule has 3 nitrogen and oxygen atoms in total.